The highest BCUT2D eigenvalue weighted by atomic mass is 79.9. The second-order valence-electron chi connectivity index (χ2n) is 7.81. The monoisotopic (exact) mass is 534 g/mol. The Labute approximate surface area is 200 Å². The van der Waals surface area contributed by atoms with Crippen LogP contribution in [0.5, 0.6) is 0 Å². The molecule has 1 N–H and O–H groups in total. The lowest BCUT2D eigenvalue weighted by molar-refractivity contribution is -0.140. The van der Waals surface area contributed by atoms with Crippen LogP contribution in [0.1, 0.15) is 33.0 Å². The molecule has 34 heavy (non-hydrogen) atoms. The van der Waals surface area contributed by atoms with Gasteiger partial charge < -0.3 is 5.32 Å². The number of rotatable bonds is 5. The van der Waals surface area contributed by atoms with E-state index in [0.29, 0.717) is 39.9 Å². The quantitative estimate of drug-likeness (QED) is 0.299. The Bertz CT molecular complexity index is 1380. The molecule has 0 atom stereocenters. The standard InChI is InChI=1S/C24H19BrF4N4O/c1-13-22(14(2)33(32-13)10-9-15-3-6-17(26)7-4-15)31-23(34)19-12-21(24(27,28)29)30-20-8-5-16(25)11-18(19)20/h3-8,11-12H,9-10H2,1-2H3,(H,31,34). The number of aryl methyl sites for hydroxylation is 3. The fourth-order valence-electron chi connectivity index (χ4n) is 3.69. The Morgan fingerprint density at radius 3 is 2.47 bits per heavy atom. The number of halogens is 5. The van der Waals surface area contributed by atoms with Crippen molar-refractivity contribution in [1.29, 1.82) is 0 Å². The molecule has 0 aliphatic rings. The molecule has 0 saturated carbocycles. The van der Waals surface area contributed by atoms with Crippen LogP contribution in [0.4, 0.5) is 23.2 Å². The van der Waals surface area contributed by atoms with E-state index in [-0.39, 0.29) is 16.9 Å². The average molecular weight is 535 g/mol. The fourth-order valence-corrected chi connectivity index (χ4v) is 4.05. The van der Waals surface area contributed by atoms with Crippen molar-refractivity contribution in [2.75, 3.05) is 5.32 Å². The zero-order chi connectivity index (χ0) is 24.6. The highest BCUT2D eigenvalue weighted by molar-refractivity contribution is 9.10. The lowest BCUT2D eigenvalue weighted by atomic mass is 10.1. The zero-order valence-corrected chi connectivity index (χ0v) is 19.8. The first-order valence-corrected chi connectivity index (χ1v) is 11.1. The topological polar surface area (TPSA) is 59.8 Å². The van der Waals surface area contributed by atoms with Crippen molar-refractivity contribution in [3.63, 3.8) is 0 Å². The lowest BCUT2D eigenvalue weighted by Crippen LogP contribution is -2.17. The first kappa shape index (κ1) is 23.9. The molecule has 0 bridgehead atoms. The molecule has 5 nitrogen and oxygen atoms in total. The molecule has 4 rings (SSSR count). The second-order valence-corrected chi connectivity index (χ2v) is 8.73. The summed E-state index contributed by atoms with van der Waals surface area (Å²) in [5, 5.41) is 7.47. The number of nitrogens with zero attached hydrogens (tertiary/aromatic N) is 3. The van der Waals surface area contributed by atoms with E-state index in [9.17, 15) is 22.4 Å². The van der Waals surface area contributed by atoms with Crippen molar-refractivity contribution >= 4 is 38.4 Å². The van der Waals surface area contributed by atoms with Crippen molar-refractivity contribution in [2.24, 2.45) is 0 Å². The molecule has 2 heterocycles. The van der Waals surface area contributed by atoms with Gasteiger partial charge in [0.1, 0.15) is 11.5 Å². The summed E-state index contributed by atoms with van der Waals surface area (Å²) < 4.78 is 55.6. The number of nitrogens with one attached hydrogen (secondary N) is 1. The number of carbonyl (C=O) groups excluding carboxylic acids is 1. The third kappa shape index (κ3) is 4.96. The summed E-state index contributed by atoms with van der Waals surface area (Å²) in [6, 6.07) is 11.5. The minimum Gasteiger partial charge on any atom is -0.319 e. The number of hydrogen-bond donors (Lipinski definition) is 1. The van der Waals surface area contributed by atoms with Crippen molar-refractivity contribution in [3.05, 3.63) is 87.0 Å². The molecule has 0 aliphatic heterocycles. The molecule has 2 aromatic heterocycles. The summed E-state index contributed by atoms with van der Waals surface area (Å²) in [6.07, 6.45) is -4.11. The smallest absolute Gasteiger partial charge is 0.319 e. The van der Waals surface area contributed by atoms with Crippen LogP contribution in [0.25, 0.3) is 10.9 Å². The molecule has 4 aromatic rings. The van der Waals surface area contributed by atoms with E-state index in [0.717, 1.165) is 11.6 Å². The number of anilines is 1. The van der Waals surface area contributed by atoms with Crippen molar-refractivity contribution in [3.8, 4) is 0 Å². The molecule has 0 unspecified atom stereocenters. The van der Waals surface area contributed by atoms with Gasteiger partial charge in [-0.15, -0.1) is 0 Å². The predicted octanol–water partition coefficient (Wildman–Crippen LogP) is 6.46. The number of carbonyl (C=O) groups is 1. The van der Waals surface area contributed by atoms with Gasteiger partial charge in [0, 0.05) is 16.4 Å². The van der Waals surface area contributed by atoms with E-state index in [4.69, 9.17) is 0 Å². The molecule has 1 amide bonds. The Hall–Kier alpha value is -3.27. The summed E-state index contributed by atoms with van der Waals surface area (Å²) in [5.41, 5.74) is 1.31. The Kier molecular flexibility index (Phi) is 6.44. The van der Waals surface area contributed by atoms with E-state index in [1.165, 1.54) is 18.2 Å². The Morgan fingerprint density at radius 2 is 1.79 bits per heavy atom. The van der Waals surface area contributed by atoms with Gasteiger partial charge in [0.25, 0.3) is 5.91 Å². The third-order valence-electron chi connectivity index (χ3n) is 5.45. The van der Waals surface area contributed by atoms with E-state index in [2.05, 4.69) is 31.3 Å². The third-order valence-corrected chi connectivity index (χ3v) is 5.94. The molecule has 0 spiro atoms. The average Bonchev–Trinajstić information content (AvgIpc) is 3.04. The molecule has 10 heteroatoms. The number of alkyl halides is 3. The predicted molar refractivity (Wildman–Crippen MR) is 124 cm³/mol. The Morgan fingerprint density at radius 1 is 1.09 bits per heavy atom. The van der Waals surface area contributed by atoms with Gasteiger partial charge in [-0.3, -0.25) is 9.48 Å². The van der Waals surface area contributed by atoms with E-state index in [1.54, 1.807) is 42.8 Å². The number of pyridine rings is 1. The van der Waals surface area contributed by atoms with Crippen LogP contribution in [0.2, 0.25) is 0 Å². The van der Waals surface area contributed by atoms with Crippen LogP contribution in [0, 0.1) is 19.7 Å². The fraction of sp³-hybridized carbons (Fsp3) is 0.208. The maximum Gasteiger partial charge on any atom is 0.433 e. The molecule has 2 aromatic carbocycles. The van der Waals surface area contributed by atoms with Gasteiger partial charge in [-0.05, 0) is 62.2 Å². The van der Waals surface area contributed by atoms with Gasteiger partial charge in [-0.2, -0.15) is 18.3 Å². The zero-order valence-electron chi connectivity index (χ0n) is 18.2. The number of amides is 1. The molecule has 0 saturated heterocycles. The number of hydrogen-bond acceptors (Lipinski definition) is 3. The highest BCUT2D eigenvalue weighted by Gasteiger charge is 2.34. The van der Waals surface area contributed by atoms with Crippen LogP contribution >= 0.6 is 15.9 Å². The van der Waals surface area contributed by atoms with Gasteiger partial charge >= 0.3 is 6.18 Å². The minimum absolute atomic E-state index is 0.0617. The second kappa shape index (κ2) is 9.17. The molecule has 0 radical (unpaired) electrons. The summed E-state index contributed by atoms with van der Waals surface area (Å²) in [5.74, 6) is -1.01. The Balaban J connectivity index is 1.64. The first-order chi connectivity index (χ1) is 16.0. The molecule has 0 fully saturated rings. The largest absolute Gasteiger partial charge is 0.433 e. The summed E-state index contributed by atoms with van der Waals surface area (Å²) in [6.45, 7) is 3.96. The van der Waals surface area contributed by atoms with Crippen molar-refractivity contribution in [1.82, 2.24) is 14.8 Å². The lowest BCUT2D eigenvalue weighted by Gasteiger charge is -2.13. The van der Waals surface area contributed by atoms with E-state index in [1.807, 2.05) is 0 Å². The molecule has 0 aliphatic carbocycles. The maximum absolute atomic E-state index is 13.4. The van der Waals surface area contributed by atoms with Gasteiger partial charge in [0.15, 0.2) is 0 Å². The number of fused-ring (bicyclic) bond motifs is 1. The number of benzene rings is 2. The van der Waals surface area contributed by atoms with Crippen LogP contribution in [0.3, 0.4) is 0 Å². The van der Waals surface area contributed by atoms with E-state index >= 15 is 0 Å². The van der Waals surface area contributed by atoms with Crippen LogP contribution < -0.4 is 5.32 Å². The highest BCUT2D eigenvalue weighted by Crippen LogP contribution is 2.32. The summed E-state index contributed by atoms with van der Waals surface area (Å²) in [7, 11) is 0. The molecular formula is C24H19BrF4N4O. The van der Waals surface area contributed by atoms with Crippen LogP contribution in [0.15, 0.2) is 53.0 Å². The van der Waals surface area contributed by atoms with Gasteiger partial charge in [0.05, 0.1) is 28.2 Å². The van der Waals surface area contributed by atoms with E-state index < -0.39 is 17.8 Å². The van der Waals surface area contributed by atoms with Crippen molar-refractivity contribution < 1.29 is 22.4 Å². The van der Waals surface area contributed by atoms with Gasteiger partial charge in [0.2, 0.25) is 0 Å². The van der Waals surface area contributed by atoms with Crippen LogP contribution in [-0.2, 0) is 19.1 Å². The SMILES string of the molecule is Cc1nn(CCc2ccc(F)cc2)c(C)c1NC(=O)c1cc(C(F)(F)F)nc2ccc(Br)cc12. The number of aromatic nitrogens is 3. The van der Waals surface area contributed by atoms with Gasteiger partial charge in [-0.1, -0.05) is 28.1 Å². The first-order valence-electron chi connectivity index (χ1n) is 10.3. The molecule has 176 valence electrons. The van der Waals surface area contributed by atoms with Crippen molar-refractivity contribution in [2.45, 2.75) is 33.0 Å². The normalized spacial score (nSPS) is 11.7. The van der Waals surface area contributed by atoms with Crippen LogP contribution in [-0.4, -0.2) is 20.7 Å². The molecular weight excluding hydrogens is 516 g/mol. The minimum atomic E-state index is -4.70. The maximum atomic E-state index is 13.4. The summed E-state index contributed by atoms with van der Waals surface area (Å²) in [4.78, 5) is 16.8. The summed E-state index contributed by atoms with van der Waals surface area (Å²) >= 11 is 3.29. The van der Waals surface area contributed by atoms with Gasteiger partial charge in [-0.25, -0.2) is 9.37 Å².